The van der Waals surface area contributed by atoms with E-state index in [9.17, 15) is 13.2 Å². The second-order valence-corrected chi connectivity index (χ2v) is 8.12. The van der Waals surface area contributed by atoms with Crippen LogP contribution in [0.1, 0.15) is 30.1 Å². The second kappa shape index (κ2) is 9.68. The molecule has 0 radical (unpaired) electrons. The third-order valence-electron chi connectivity index (χ3n) is 4.22. The number of nitrogens with one attached hydrogen (secondary N) is 2. The zero-order chi connectivity index (χ0) is 21.6. The third-order valence-corrected chi connectivity index (χ3v) is 5.46. The van der Waals surface area contributed by atoms with E-state index in [1.165, 1.54) is 37.4 Å². The normalized spacial score (nSPS) is 13.3. The van der Waals surface area contributed by atoms with Gasteiger partial charge in [0.15, 0.2) is 23.0 Å². The van der Waals surface area contributed by atoms with Crippen molar-refractivity contribution in [3.05, 3.63) is 42.0 Å². The zero-order valence-corrected chi connectivity index (χ0v) is 17.6. The van der Waals surface area contributed by atoms with Crippen molar-refractivity contribution in [3.8, 4) is 23.0 Å². The third kappa shape index (κ3) is 5.14. The van der Waals surface area contributed by atoms with Gasteiger partial charge in [-0.25, -0.2) is 8.42 Å². The maximum Gasteiger partial charge on any atom is 0.266 e. The van der Waals surface area contributed by atoms with Crippen molar-refractivity contribution in [2.75, 3.05) is 26.9 Å². The maximum absolute atomic E-state index is 12.6. The number of rotatable bonds is 8. The van der Waals surface area contributed by atoms with Gasteiger partial charge in [-0.05, 0) is 36.8 Å². The molecule has 9 nitrogen and oxygen atoms in total. The SMILES string of the molecule is CCCOc1ccc(C(=O)NNS(=O)(=O)c2ccc3c(c2)OCCCO3)cc1OC. The highest BCUT2D eigenvalue weighted by molar-refractivity contribution is 7.89. The van der Waals surface area contributed by atoms with Crippen LogP contribution >= 0.6 is 0 Å². The molecule has 0 fully saturated rings. The Balaban J connectivity index is 1.70. The molecule has 0 aromatic heterocycles. The van der Waals surface area contributed by atoms with Crippen LogP contribution in [-0.2, 0) is 10.0 Å². The molecule has 1 amide bonds. The molecular weight excluding hydrogens is 412 g/mol. The average Bonchev–Trinajstić information content (AvgIpc) is 3.00. The van der Waals surface area contributed by atoms with Gasteiger partial charge < -0.3 is 18.9 Å². The predicted octanol–water partition coefficient (Wildman–Crippen LogP) is 2.27. The Hall–Kier alpha value is -2.98. The van der Waals surface area contributed by atoms with Crippen LogP contribution in [0.5, 0.6) is 23.0 Å². The molecule has 1 aliphatic rings. The van der Waals surface area contributed by atoms with Gasteiger partial charge in [0.05, 0.1) is 31.8 Å². The number of carbonyl (C=O) groups is 1. The molecule has 0 aliphatic carbocycles. The Morgan fingerprint density at radius 2 is 1.83 bits per heavy atom. The van der Waals surface area contributed by atoms with E-state index in [2.05, 4.69) is 10.3 Å². The van der Waals surface area contributed by atoms with Gasteiger partial charge in [0.1, 0.15) is 0 Å². The van der Waals surface area contributed by atoms with Crippen LogP contribution < -0.4 is 29.2 Å². The standard InChI is InChI=1S/C20H24N2O7S/c1-3-9-27-16-7-5-14(12-18(16)26-2)20(23)21-22-30(24,25)15-6-8-17-19(13-15)29-11-4-10-28-17/h5-8,12-13,22H,3-4,9-11H2,1-2H3,(H,21,23). The minimum atomic E-state index is -4.02. The maximum atomic E-state index is 12.6. The highest BCUT2D eigenvalue weighted by Gasteiger charge is 2.20. The zero-order valence-electron chi connectivity index (χ0n) is 16.8. The summed E-state index contributed by atoms with van der Waals surface area (Å²) in [5, 5.41) is 0. The van der Waals surface area contributed by atoms with Crippen LogP contribution in [0.4, 0.5) is 0 Å². The minimum Gasteiger partial charge on any atom is -0.493 e. The summed E-state index contributed by atoms with van der Waals surface area (Å²) < 4.78 is 46.9. The van der Waals surface area contributed by atoms with Gasteiger partial charge in [0.2, 0.25) is 0 Å². The lowest BCUT2D eigenvalue weighted by atomic mass is 10.2. The van der Waals surface area contributed by atoms with Crippen molar-refractivity contribution in [2.45, 2.75) is 24.7 Å². The van der Waals surface area contributed by atoms with Crippen molar-refractivity contribution in [1.82, 2.24) is 10.3 Å². The van der Waals surface area contributed by atoms with E-state index in [-0.39, 0.29) is 10.5 Å². The Labute approximate surface area is 175 Å². The van der Waals surface area contributed by atoms with E-state index in [0.717, 1.165) is 6.42 Å². The van der Waals surface area contributed by atoms with Crippen molar-refractivity contribution in [3.63, 3.8) is 0 Å². The summed E-state index contributed by atoms with van der Waals surface area (Å²) in [5.74, 6) is 1.06. The average molecular weight is 436 g/mol. The van der Waals surface area contributed by atoms with Crippen molar-refractivity contribution >= 4 is 15.9 Å². The molecule has 30 heavy (non-hydrogen) atoms. The summed E-state index contributed by atoms with van der Waals surface area (Å²) in [6.07, 6.45) is 1.53. The fourth-order valence-corrected chi connectivity index (χ4v) is 3.55. The molecule has 1 heterocycles. The van der Waals surface area contributed by atoms with E-state index in [1.807, 2.05) is 6.92 Å². The smallest absolute Gasteiger partial charge is 0.266 e. The molecule has 0 bridgehead atoms. The lowest BCUT2D eigenvalue weighted by Gasteiger charge is -2.13. The fourth-order valence-electron chi connectivity index (χ4n) is 2.70. The van der Waals surface area contributed by atoms with Gasteiger partial charge >= 0.3 is 0 Å². The number of fused-ring (bicyclic) bond motifs is 1. The van der Waals surface area contributed by atoms with Gasteiger partial charge in [0, 0.05) is 18.1 Å². The number of amides is 1. The Morgan fingerprint density at radius 1 is 1.07 bits per heavy atom. The van der Waals surface area contributed by atoms with Crippen LogP contribution in [0.15, 0.2) is 41.3 Å². The first-order valence-electron chi connectivity index (χ1n) is 9.47. The van der Waals surface area contributed by atoms with E-state index in [4.69, 9.17) is 18.9 Å². The number of hydrazine groups is 1. The largest absolute Gasteiger partial charge is 0.493 e. The molecule has 0 atom stereocenters. The Morgan fingerprint density at radius 3 is 2.57 bits per heavy atom. The number of carbonyl (C=O) groups excluding carboxylic acids is 1. The summed E-state index contributed by atoms with van der Waals surface area (Å²) in [6, 6.07) is 8.86. The van der Waals surface area contributed by atoms with Gasteiger partial charge in [-0.15, -0.1) is 4.83 Å². The van der Waals surface area contributed by atoms with E-state index >= 15 is 0 Å². The topological polar surface area (TPSA) is 112 Å². The number of ether oxygens (including phenoxy) is 4. The van der Waals surface area contributed by atoms with Crippen LogP contribution in [0, 0.1) is 0 Å². The molecule has 1 aliphatic heterocycles. The molecule has 10 heteroatoms. The van der Waals surface area contributed by atoms with E-state index in [0.29, 0.717) is 49.2 Å². The van der Waals surface area contributed by atoms with Gasteiger partial charge in [0.25, 0.3) is 15.9 Å². The van der Waals surface area contributed by atoms with Crippen LogP contribution in [0.3, 0.4) is 0 Å². The summed E-state index contributed by atoms with van der Waals surface area (Å²) in [6.45, 7) is 3.42. The van der Waals surface area contributed by atoms with Gasteiger partial charge in [-0.3, -0.25) is 10.2 Å². The van der Waals surface area contributed by atoms with Crippen molar-refractivity contribution in [2.24, 2.45) is 0 Å². The molecule has 0 saturated carbocycles. The molecule has 2 N–H and O–H groups in total. The molecule has 0 saturated heterocycles. The predicted molar refractivity (Wildman–Crippen MR) is 109 cm³/mol. The molecule has 162 valence electrons. The molecule has 0 spiro atoms. The van der Waals surface area contributed by atoms with E-state index in [1.54, 1.807) is 6.07 Å². The lowest BCUT2D eigenvalue weighted by molar-refractivity contribution is 0.0944. The van der Waals surface area contributed by atoms with Gasteiger partial charge in [-0.1, -0.05) is 6.92 Å². The second-order valence-electron chi connectivity index (χ2n) is 6.43. The highest BCUT2D eigenvalue weighted by atomic mass is 32.2. The van der Waals surface area contributed by atoms with Crippen LogP contribution in [0.2, 0.25) is 0 Å². The monoisotopic (exact) mass is 436 g/mol. The van der Waals surface area contributed by atoms with Crippen LogP contribution in [-0.4, -0.2) is 41.3 Å². The summed E-state index contributed by atoms with van der Waals surface area (Å²) in [5.41, 5.74) is 2.40. The first-order valence-corrected chi connectivity index (χ1v) is 11.0. The van der Waals surface area contributed by atoms with E-state index < -0.39 is 15.9 Å². The Kier molecular flexibility index (Phi) is 7.01. The first-order chi connectivity index (χ1) is 14.4. The number of hydrogen-bond donors (Lipinski definition) is 2. The molecule has 2 aromatic carbocycles. The van der Waals surface area contributed by atoms with Crippen molar-refractivity contribution < 1.29 is 32.2 Å². The fraction of sp³-hybridized carbons (Fsp3) is 0.350. The Bertz CT molecular complexity index is 1010. The van der Waals surface area contributed by atoms with Gasteiger partial charge in [-0.2, -0.15) is 0 Å². The van der Waals surface area contributed by atoms with Crippen LogP contribution in [0.25, 0.3) is 0 Å². The molecule has 2 aromatic rings. The first kappa shape index (κ1) is 21.7. The number of hydrogen-bond acceptors (Lipinski definition) is 7. The highest BCUT2D eigenvalue weighted by Crippen LogP contribution is 2.32. The molecule has 0 unspecified atom stereocenters. The molecule has 3 rings (SSSR count). The lowest BCUT2D eigenvalue weighted by Crippen LogP contribution is -2.41. The number of methoxy groups -OCH3 is 1. The number of benzene rings is 2. The summed E-state index contributed by atoms with van der Waals surface area (Å²) in [4.78, 5) is 14.4. The summed E-state index contributed by atoms with van der Waals surface area (Å²) in [7, 11) is -2.56. The quantitative estimate of drug-likeness (QED) is 0.611. The number of sulfonamides is 1. The van der Waals surface area contributed by atoms with Crippen molar-refractivity contribution in [1.29, 1.82) is 0 Å². The summed E-state index contributed by atoms with van der Waals surface area (Å²) >= 11 is 0. The minimum absolute atomic E-state index is 0.0621. The molecular formula is C20H24N2O7S.